The third kappa shape index (κ3) is 2.89. The quantitative estimate of drug-likeness (QED) is 0.770. The number of hydrogen-bond donors (Lipinski definition) is 0. The number of hydrogen-bond acceptors (Lipinski definition) is 3. The smallest absolute Gasteiger partial charge is 0.371 e. The highest BCUT2D eigenvalue weighted by Crippen LogP contribution is 2.32. The highest BCUT2D eigenvalue weighted by molar-refractivity contribution is 6.36. The lowest BCUT2D eigenvalue weighted by molar-refractivity contribution is 0.0439. The molecule has 0 N–H and O–H groups in total. The maximum atomic E-state index is 6.23. The Morgan fingerprint density at radius 2 is 2.00 bits per heavy atom. The molecule has 17 heavy (non-hydrogen) atoms. The van der Waals surface area contributed by atoms with Gasteiger partial charge in [-0.1, -0.05) is 23.7 Å². The second kappa shape index (κ2) is 5.50. The molecule has 93 valence electrons. The molecule has 2 aliphatic heterocycles. The van der Waals surface area contributed by atoms with Crippen molar-refractivity contribution in [3.8, 4) is 0 Å². The molecule has 2 bridgehead atoms. The molecule has 2 heterocycles. The van der Waals surface area contributed by atoms with Crippen molar-refractivity contribution in [2.24, 2.45) is 0 Å². The zero-order valence-corrected chi connectivity index (χ0v) is 12.0. The first-order chi connectivity index (χ1) is 8.11. The van der Waals surface area contributed by atoms with E-state index in [4.69, 9.17) is 24.9 Å². The summed E-state index contributed by atoms with van der Waals surface area (Å²) in [5, 5.41) is 0.727. The molecule has 5 heteroatoms. The van der Waals surface area contributed by atoms with E-state index in [1.54, 1.807) is 0 Å². The molecule has 3 nitrogen and oxygen atoms in total. The molecule has 0 fully saturated rings. The van der Waals surface area contributed by atoms with Crippen LogP contribution >= 0.6 is 11.6 Å². The van der Waals surface area contributed by atoms with E-state index in [-0.39, 0.29) is 12.2 Å². The molecule has 0 amide bonds. The normalized spacial score (nSPS) is 25.4. The largest absolute Gasteiger partial charge is 0.578 e. The summed E-state index contributed by atoms with van der Waals surface area (Å²) in [6.45, 7) is 6.47. The number of fused-ring (bicyclic) bond motifs is 6. The highest BCUT2D eigenvalue weighted by atomic mass is 35.5. The molecule has 0 aliphatic carbocycles. The van der Waals surface area contributed by atoms with E-state index in [0.29, 0.717) is 6.61 Å². The van der Waals surface area contributed by atoms with Gasteiger partial charge >= 0.3 is 9.53 Å². The van der Waals surface area contributed by atoms with Crippen LogP contribution in [0.2, 0.25) is 5.02 Å². The Morgan fingerprint density at radius 3 is 2.65 bits per heavy atom. The summed E-state index contributed by atoms with van der Waals surface area (Å²) in [5.41, 5.74) is 2.04. The molecule has 1 aromatic carbocycles. The second-order valence-corrected chi connectivity index (χ2v) is 5.65. The fraction of sp³-hybridized carbons (Fsp3) is 0.500. The van der Waals surface area contributed by atoms with E-state index >= 15 is 0 Å². The average molecular weight is 272 g/mol. The lowest BCUT2D eigenvalue weighted by atomic mass is 10.1. The fourth-order valence-corrected chi connectivity index (χ4v) is 3.37. The van der Waals surface area contributed by atoms with Crippen LogP contribution in [0.25, 0.3) is 0 Å². The van der Waals surface area contributed by atoms with Crippen molar-refractivity contribution in [2.45, 2.75) is 33.0 Å². The first-order valence-corrected chi connectivity index (χ1v) is 7.34. The van der Waals surface area contributed by atoms with E-state index in [9.17, 15) is 0 Å². The highest BCUT2D eigenvalue weighted by Gasteiger charge is 2.29. The van der Waals surface area contributed by atoms with E-state index in [2.05, 4.69) is 0 Å². The summed E-state index contributed by atoms with van der Waals surface area (Å²) in [6.07, 6.45) is -0.172. The van der Waals surface area contributed by atoms with Crippen molar-refractivity contribution in [3.05, 3.63) is 34.3 Å². The zero-order chi connectivity index (χ0) is 12.4. The molecule has 3 rings (SSSR count). The number of benzene rings is 1. The molecular formula is C12H16ClO3Si. The van der Waals surface area contributed by atoms with Gasteiger partial charge in [0.05, 0.1) is 12.2 Å². The summed E-state index contributed by atoms with van der Waals surface area (Å²) >= 11 is 6.23. The summed E-state index contributed by atoms with van der Waals surface area (Å²) in [6, 6.07) is 5.97. The van der Waals surface area contributed by atoms with Crippen LogP contribution in [0.4, 0.5) is 0 Å². The summed E-state index contributed by atoms with van der Waals surface area (Å²) in [5.74, 6) is 0. The van der Waals surface area contributed by atoms with Crippen molar-refractivity contribution in [3.63, 3.8) is 0 Å². The second-order valence-electron chi connectivity index (χ2n) is 3.98. The average Bonchev–Trinajstić information content (AvgIpc) is 2.34. The molecule has 1 aromatic rings. The van der Waals surface area contributed by atoms with Crippen LogP contribution in [-0.4, -0.2) is 16.1 Å². The van der Waals surface area contributed by atoms with Gasteiger partial charge in [0, 0.05) is 11.6 Å². The number of rotatable bonds is 2. The van der Waals surface area contributed by atoms with Crippen LogP contribution in [0.15, 0.2) is 18.2 Å². The van der Waals surface area contributed by atoms with Gasteiger partial charge in [0.15, 0.2) is 0 Å². The number of halogens is 1. The Kier molecular flexibility index (Phi) is 4.22. The van der Waals surface area contributed by atoms with Crippen LogP contribution in [0, 0.1) is 0 Å². The summed E-state index contributed by atoms with van der Waals surface area (Å²) in [4.78, 5) is 0. The molecule has 0 aromatic heterocycles. The Bertz CT molecular complexity index is 399. The van der Waals surface area contributed by atoms with Crippen LogP contribution in [-0.2, 0) is 13.3 Å². The van der Waals surface area contributed by atoms with Gasteiger partial charge in [-0.25, -0.2) is 0 Å². The van der Waals surface area contributed by atoms with Gasteiger partial charge in [0.1, 0.15) is 0 Å². The third-order valence-electron chi connectivity index (χ3n) is 2.74. The van der Waals surface area contributed by atoms with Crippen molar-refractivity contribution >= 4 is 21.1 Å². The van der Waals surface area contributed by atoms with Gasteiger partial charge < -0.3 is 13.3 Å². The van der Waals surface area contributed by atoms with Gasteiger partial charge in [-0.3, -0.25) is 0 Å². The van der Waals surface area contributed by atoms with E-state index < -0.39 is 9.53 Å². The summed E-state index contributed by atoms with van der Waals surface area (Å²) in [7, 11) is -1.70. The Morgan fingerprint density at radius 1 is 1.29 bits per heavy atom. The molecule has 0 saturated carbocycles. The Balaban J connectivity index is 2.32. The first kappa shape index (κ1) is 13.0. The van der Waals surface area contributed by atoms with Crippen molar-refractivity contribution < 1.29 is 13.3 Å². The lowest BCUT2D eigenvalue weighted by Gasteiger charge is -2.19. The van der Waals surface area contributed by atoms with E-state index in [1.807, 2.05) is 39.0 Å². The van der Waals surface area contributed by atoms with Crippen molar-refractivity contribution in [2.75, 3.05) is 6.61 Å². The molecule has 1 radical (unpaired) electrons. The Labute approximate surface area is 109 Å². The lowest BCUT2D eigenvalue weighted by Crippen LogP contribution is -2.29. The van der Waals surface area contributed by atoms with Gasteiger partial charge in [-0.15, -0.1) is 0 Å². The topological polar surface area (TPSA) is 27.7 Å². The standard InChI is InChI=1S/C12H16ClO3Si/c1-4-14-17-15-8(2)10-5-6-11(9(3)16-17)12(13)7-10/h5-9H,4H2,1-3H3. The summed E-state index contributed by atoms with van der Waals surface area (Å²) < 4.78 is 17.1. The minimum Gasteiger partial charge on any atom is -0.371 e. The minimum absolute atomic E-state index is 0.0627. The molecule has 2 unspecified atom stereocenters. The van der Waals surface area contributed by atoms with Gasteiger partial charge in [-0.2, -0.15) is 0 Å². The van der Waals surface area contributed by atoms with Crippen LogP contribution < -0.4 is 0 Å². The van der Waals surface area contributed by atoms with Gasteiger partial charge in [0.25, 0.3) is 0 Å². The molecular weight excluding hydrogens is 256 g/mol. The first-order valence-electron chi connectivity index (χ1n) is 5.74. The zero-order valence-electron chi connectivity index (χ0n) is 10.2. The van der Waals surface area contributed by atoms with Crippen LogP contribution in [0.5, 0.6) is 0 Å². The predicted octanol–water partition coefficient (Wildman–Crippen LogP) is 3.53. The molecule has 2 aliphatic rings. The van der Waals surface area contributed by atoms with Gasteiger partial charge in [0.2, 0.25) is 0 Å². The maximum Gasteiger partial charge on any atom is 0.578 e. The van der Waals surface area contributed by atoms with Crippen LogP contribution in [0.3, 0.4) is 0 Å². The maximum absolute atomic E-state index is 6.23. The SMILES string of the molecule is CCO[Si]1OC(C)c2ccc(c(Cl)c2)C(C)O1. The van der Waals surface area contributed by atoms with E-state index in [0.717, 1.165) is 16.1 Å². The van der Waals surface area contributed by atoms with Crippen molar-refractivity contribution in [1.29, 1.82) is 0 Å². The minimum atomic E-state index is -1.70. The van der Waals surface area contributed by atoms with Crippen molar-refractivity contribution in [1.82, 2.24) is 0 Å². The molecule has 2 atom stereocenters. The van der Waals surface area contributed by atoms with E-state index in [1.165, 1.54) is 0 Å². The molecule has 0 saturated heterocycles. The molecule has 0 spiro atoms. The van der Waals surface area contributed by atoms with Crippen LogP contribution in [0.1, 0.15) is 44.1 Å². The Hall–Kier alpha value is -0.393. The predicted molar refractivity (Wildman–Crippen MR) is 67.8 cm³/mol. The fourth-order valence-electron chi connectivity index (χ4n) is 1.76. The third-order valence-corrected chi connectivity index (χ3v) is 4.68. The monoisotopic (exact) mass is 271 g/mol. The van der Waals surface area contributed by atoms with Gasteiger partial charge in [-0.05, 0) is 38.0 Å².